The second kappa shape index (κ2) is 8.91. The van der Waals surface area contributed by atoms with E-state index in [2.05, 4.69) is 10.5 Å². The molecule has 4 aliphatic rings. The lowest BCUT2D eigenvalue weighted by molar-refractivity contribution is -0.939. The first-order valence-corrected chi connectivity index (χ1v) is 12.0. The van der Waals surface area contributed by atoms with Crippen molar-refractivity contribution in [2.75, 3.05) is 31.5 Å². The Labute approximate surface area is 193 Å². The number of amides is 1. The number of esters is 1. The Morgan fingerprint density at radius 3 is 2.52 bits per heavy atom. The summed E-state index contributed by atoms with van der Waals surface area (Å²) in [4.78, 5) is 26.2. The number of anilines is 1. The molecule has 33 heavy (non-hydrogen) atoms. The van der Waals surface area contributed by atoms with Crippen LogP contribution in [0.15, 0.2) is 47.2 Å². The Hall–Kier alpha value is -2.71. The number of ether oxygens (including phenoxy) is 1. The first kappa shape index (κ1) is 22.1. The summed E-state index contributed by atoms with van der Waals surface area (Å²) >= 11 is 0. The molecule has 6 rings (SSSR count). The number of hydrogen-bond acceptors (Lipinski definition) is 6. The van der Waals surface area contributed by atoms with Crippen LogP contribution in [-0.2, 0) is 19.9 Å². The van der Waals surface area contributed by atoms with Gasteiger partial charge in [0.25, 0.3) is 5.91 Å². The average Bonchev–Trinajstić information content (AvgIpc) is 3.54. The van der Waals surface area contributed by atoms with Gasteiger partial charge in [0.05, 0.1) is 13.1 Å². The van der Waals surface area contributed by atoms with Gasteiger partial charge in [-0.2, -0.15) is 0 Å². The van der Waals surface area contributed by atoms with Crippen molar-refractivity contribution >= 4 is 17.7 Å². The molecule has 4 fully saturated rings. The highest BCUT2D eigenvalue weighted by Crippen LogP contribution is 2.43. The van der Waals surface area contributed by atoms with E-state index in [1.165, 1.54) is 6.26 Å². The van der Waals surface area contributed by atoms with Gasteiger partial charge in [0.15, 0.2) is 24.1 Å². The van der Waals surface area contributed by atoms with E-state index in [1.807, 2.05) is 30.3 Å². The molecular formula is C25H32N3O5+. The van der Waals surface area contributed by atoms with Gasteiger partial charge in [-0.3, -0.25) is 4.79 Å². The van der Waals surface area contributed by atoms with Crippen LogP contribution in [-0.4, -0.2) is 58.9 Å². The molecule has 0 unspecified atom stereocenters. The Bertz CT molecular complexity index is 965. The third-order valence-corrected chi connectivity index (χ3v) is 7.96. The SMILES string of the molecule is O=C(C[N+]12CCC(CC1)[C@@H](OC(=O)[C@](O)(c1ccccc1)C1CCCC1)C2)Nc1ccon1. The molecule has 3 saturated heterocycles. The highest BCUT2D eigenvalue weighted by molar-refractivity contribution is 5.90. The van der Waals surface area contributed by atoms with Crippen LogP contribution >= 0.6 is 0 Å². The zero-order valence-corrected chi connectivity index (χ0v) is 18.8. The summed E-state index contributed by atoms with van der Waals surface area (Å²) in [5, 5.41) is 18.3. The Balaban J connectivity index is 1.31. The molecule has 1 saturated carbocycles. The van der Waals surface area contributed by atoms with Crippen molar-refractivity contribution in [3.05, 3.63) is 48.2 Å². The third-order valence-electron chi connectivity index (χ3n) is 7.96. The van der Waals surface area contributed by atoms with Gasteiger partial charge in [-0.25, -0.2) is 4.79 Å². The van der Waals surface area contributed by atoms with E-state index in [1.54, 1.807) is 6.07 Å². The molecule has 0 radical (unpaired) electrons. The number of carbonyl (C=O) groups is 2. The number of nitrogens with one attached hydrogen (secondary N) is 1. The highest BCUT2D eigenvalue weighted by Gasteiger charge is 2.53. The van der Waals surface area contributed by atoms with E-state index in [-0.39, 0.29) is 23.8 Å². The summed E-state index contributed by atoms with van der Waals surface area (Å²) in [5.41, 5.74) is -1.02. The predicted octanol–water partition coefficient (Wildman–Crippen LogP) is 2.84. The van der Waals surface area contributed by atoms with Crippen LogP contribution < -0.4 is 5.32 Å². The van der Waals surface area contributed by atoms with Gasteiger partial charge >= 0.3 is 5.97 Å². The van der Waals surface area contributed by atoms with Gasteiger partial charge in [-0.05, 0) is 18.4 Å². The van der Waals surface area contributed by atoms with Crippen molar-refractivity contribution in [2.24, 2.45) is 11.8 Å². The van der Waals surface area contributed by atoms with Crippen molar-refractivity contribution < 1.29 is 28.4 Å². The van der Waals surface area contributed by atoms with Gasteiger partial charge in [0, 0.05) is 30.7 Å². The smallest absolute Gasteiger partial charge is 0.343 e. The molecular weight excluding hydrogens is 422 g/mol. The molecule has 0 spiro atoms. The lowest BCUT2D eigenvalue weighted by atomic mass is 9.79. The maximum atomic E-state index is 13.6. The van der Waals surface area contributed by atoms with Crippen molar-refractivity contribution in [1.29, 1.82) is 0 Å². The number of aromatic nitrogens is 1. The number of piperidine rings is 3. The normalized spacial score (nSPS) is 28.9. The minimum absolute atomic E-state index is 0.124. The number of aliphatic hydroxyl groups is 1. The van der Waals surface area contributed by atoms with Gasteiger partial charge in [-0.1, -0.05) is 48.3 Å². The molecule has 1 aromatic heterocycles. The molecule has 1 amide bonds. The molecule has 8 heteroatoms. The highest BCUT2D eigenvalue weighted by atomic mass is 16.6. The van der Waals surface area contributed by atoms with E-state index >= 15 is 0 Å². The molecule has 3 aliphatic heterocycles. The third kappa shape index (κ3) is 4.29. The van der Waals surface area contributed by atoms with Crippen LogP contribution in [0.1, 0.15) is 44.1 Å². The molecule has 2 aromatic rings. The number of nitrogens with zero attached hydrogens (tertiary/aromatic N) is 2. The van der Waals surface area contributed by atoms with Crippen molar-refractivity contribution in [3.8, 4) is 0 Å². The molecule has 2 N–H and O–H groups in total. The Morgan fingerprint density at radius 2 is 1.85 bits per heavy atom. The number of benzene rings is 1. The van der Waals surface area contributed by atoms with E-state index in [0.29, 0.717) is 29.0 Å². The van der Waals surface area contributed by atoms with Crippen molar-refractivity contribution in [1.82, 2.24) is 5.16 Å². The van der Waals surface area contributed by atoms with Crippen LogP contribution in [0.2, 0.25) is 0 Å². The molecule has 8 nitrogen and oxygen atoms in total. The van der Waals surface area contributed by atoms with Crippen molar-refractivity contribution in [2.45, 2.75) is 50.2 Å². The van der Waals surface area contributed by atoms with Crippen LogP contribution in [0, 0.1) is 11.8 Å². The standard InChI is InChI=1S/C25H31N3O5/c29-23(26-22-12-15-32-27-22)17-28-13-10-18(11-14-28)21(16-28)33-24(30)25(31,20-8-4-5-9-20)19-6-2-1-3-7-19/h1-3,6-7,12,15,18,20-21,31H,4-5,8-11,13-14,16-17H2/p+1/t18?,21-,25-,28?/m0/s1. The fraction of sp³-hybridized carbons (Fsp3) is 0.560. The molecule has 2 bridgehead atoms. The quantitative estimate of drug-likeness (QED) is 0.493. The van der Waals surface area contributed by atoms with Crippen LogP contribution in [0.3, 0.4) is 0 Å². The van der Waals surface area contributed by atoms with Gasteiger partial charge in [0.2, 0.25) is 0 Å². The fourth-order valence-corrected chi connectivity index (χ4v) is 6.12. The first-order valence-electron chi connectivity index (χ1n) is 12.0. The lowest BCUT2D eigenvalue weighted by Crippen LogP contribution is -2.66. The topological polar surface area (TPSA) is 102 Å². The minimum Gasteiger partial charge on any atom is -0.454 e. The summed E-state index contributed by atoms with van der Waals surface area (Å²) < 4.78 is 11.5. The van der Waals surface area contributed by atoms with E-state index in [4.69, 9.17) is 9.26 Å². The summed E-state index contributed by atoms with van der Waals surface area (Å²) in [7, 11) is 0. The number of rotatable bonds is 7. The van der Waals surface area contributed by atoms with Gasteiger partial charge < -0.3 is 24.2 Å². The maximum Gasteiger partial charge on any atom is 0.343 e. The monoisotopic (exact) mass is 454 g/mol. The number of carbonyl (C=O) groups excluding carboxylic acids is 2. The summed E-state index contributed by atoms with van der Waals surface area (Å²) in [6.07, 6.45) is 6.59. The Morgan fingerprint density at radius 1 is 1.12 bits per heavy atom. The number of quaternary nitrogens is 1. The summed E-state index contributed by atoms with van der Waals surface area (Å²) in [6, 6.07) is 10.8. The average molecular weight is 455 g/mol. The summed E-state index contributed by atoms with van der Waals surface area (Å²) in [5.74, 6) is -0.121. The predicted molar refractivity (Wildman–Crippen MR) is 120 cm³/mol. The maximum absolute atomic E-state index is 13.6. The number of fused-ring (bicyclic) bond motifs is 3. The largest absolute Gasteiger partial charge is 0.454 e. The van der Waals surface area contributed by atoms with E-state index in [0.717, 1.165) is 51.6 Å². The van der Waals surface area contributed by atoms with Crippen LogP contribution in [0.4, 0.5) is 5.82 Å². The molecule has 1 aromatic carbocycles. The van der Waals surface area contributed by atoms with Crippen LogP contribution in [0.25, 0.3) is 0 Å². The molecule has 2 atom stereocenters. The van der Waals surface area contributed by atoms with Gasteiger partial charge in [0.1, 0.15) is 12.8 Å². The van der Waals surface area contributed by atoms with E-state index in [9.17, 15) is 14.7 Å². The first-order chi connectivity index (χ1) is 16.0. The summed E-state index contributed by atoms with van der Waals surface area (Å²) in [6.45, 7) is 2.67. The minimum atomic E-state index is -1.63. The molecule has 176 valence electrons. The fourth-order valence-electron chi connectivity index (χ4n) is 6.12. The van der Waals surface area contributed by atoms with Crippen molar-refractivity contribution in [3.63, 3.8) is 0 Å². The van der Waals surface area contributed by atoms with Gasteiger partial charge in [-0.15, -0.1) is 0 Å². The second-order valence-corrected chi connectivity index (χ2v) is 9.96. The zero-order valence-electron chi connectivity index (χ0n) is 18.8. The second-order valence-electron chi connectivity index (χ2n) is 9.96. The number of hydrogen-bond donors (Lipinski definition) is 2. The zero-order chi connectivity index (χ0) is 22.9. The van der Waals surface area contributed by atoms with E-state index < -0.39 is 11.6 Å². The Kier molecular flexibility index (Phi) is 5.97. The molecule has 4 heterocycles. The lowest BCUT2D eigenvalue weighted by Gasteiger charge is -2.51. The van der Waals surface area contributed by atoms with Crippen LogP contribution in [0.5, 0.6) is 0 Å². The molecule has 1 aliphatic carbocycles.